The van der Waals surface area contributed by atoms with Crippen molar-refractivity contribution in [1.29, 1.82) is 0 Å². The van der Waals surface area contributed by atoms with E-state index in [1.165, 1.54) is 24.3 Å². The van der Waals surface area contributed by atoms with E-state index in [1.54, 1.807) is 0 Å². The highest BCUT2D eigenvalue weighted by Gasteiger charge is 2.53. The Morgan fingerprint density at radius 2 is 1.76 bits per heavy atom. The number of nitrogen functional groups attached to an aromatic ring is 1. The number of aliphatic hydroxyl groups is 1. The average Bonchev–Trinajstić information content (AvgIpc) is 3.58. The summed E-state index contributed by atoms with van der Waals surface area (Å²) in [5.41, 5.74) is 7.04. The summed E-state index contributed by atoms with van der Waals surface area (Å²) in [5.74, 6) is -0.713. The van der Waals surface area contributed by atoms with Gasteiger partial charge >= 0.3 is 6.09 Å². The van der Waals surface area contributed by atoms with Crippen molar-refractivity contribution < 1.29 is 37.7 Å². The van der Waals surface area contributed by atoms with E-state index in [0.29, 0.717) is 31.6 Å². The molecule has 2 aliphatic heterocycles. The van der Waals surface area contributed by atoms with Crippen molar-refractivity contribution in [3.63, 3.8) is 0 Å². The average molecular weight is 590 g/mol. The van der Waals surface area contributed by atoms with Crippen molar-refractivity contribution >= 4 is 21.8 Å². The number of sulfonamides is 1. The number of carbonyl (C=O) groups is 1. The van der Waals surface area contributed by atoms with E-state index in [1.807, 2.05) is 30.3 Å². The van der Waals surface area contributed by atoms with Gasteiger partial charge < -0.3 is 30.7 Å². The van der Waals surface area contributed by atoms with Gasteiger partial charge in [-0.3, -0.25) is 4.84 Å². The second-order valence-electron chi connectivity index (χ2n) is 11.1. The Morgan fingerprint density at radius 3 is 2.44 bits per heavy atom. The fourth-order valence-electron chi connectivity index (χ4n) is 6.25. The van der Waals surface area contributed by atoms with Crippen LogP contribution in [0.2, 0.25) is 0 Å². The third kappa shape index (κ3) is 6.85. The Labute approximate surface area is 240 Å². The number of hydroxylamine groups is 1. The molecule has 2 heterocycles. The van der Waals surface area contributed by atoms with Gasteiger partial charge in [0.05, 0.1) is 42.4 Å². The molecule has 2 aromatic carbocycles. The van der Waals surface area contributed by atoms with Crippen molar-refractivity contribution in [2.45, 2.75) is 80.4 Å². The minimum atomic E-state index is -4.34. The predicted octanol–water partition coefficient (Wildman–Crippen LogP) is 3.14. The second-order valence-corrected chi connectivity index (χ2v) is 12.9. The van der Waals surface area contributed by atoms with Gasteiger partial charge in [-0.2, -0.15) is 0 Å². The minimum absolute atomic E-state index is 0.0383. The van der Waals surface area contributed by atoms with Gasteiger partial charge in [0.15, 0.2) is 6.29 Å². The molecule has 0 bridgehead atoms. The Balaban J connectivity index is 1.58. The monoisotopic (exact) mass is 589 g/mol. The van der Waals surface area contributed by atoms with E-state index in [4.69, 9.17) is 20.0 Å². The molecule has 6 atom stereocenters. The molecule has 1 unspecified atom stereocenters. The lowest BCUT2D eigenvalue weighted by Gasteiger charge is -2.42. The Kier molecular flexibility index (Phi) is 9.47. The zero-order valence-corrected chi connectivity index (χ0v) is 23.7. The Hall–Kier alpha value is -2.74. The highest BCUT2D eigenvalue weighted by Crippen LogP contribution is 2.42. The Morgan fingerprint density at radius 1 is 1.05 bits per heavy atom. The van der Waals surface area contributed by atoms with Gasteiger partial charge in [-0.05, 0) is 55.5 Å². The quantitative estimate of drug-likeness (QED) is 0.228. The number of fused-ring (bicyclic) bond motifs is 1. The molecule has 224 valence electrons. The Bertz CT molecular complexity index is 1260. The molecule has 3 aliphatic rings. The van der Waals surface area contributed by atoms with Crippen molar-refractivity contribution in [2.75, 3.05) is 18.9 Å². The van der Waals surface area contributed by atoms with E-state index < -0.39 is 46.5 Å². The zero-order chi connectivity index (χ0) is 29.0. The zero-order valence-electron chi connectivity index (χ0n) is 22.9. The van der Waals surface area contributed by atoms with Crippen LogP contribution in [0.15, 0.2) is 59.5 Å². The first kappa shape index (κ1) is 29.7. The van der Waals surface area contributed by atoms with Crippen LogP contribution in [-0.4, -0.2) is 73.0 Å². The fourth-order valence-corrected chi connectivity index (χ4v) is 7.78. The molecule has 11 nitrogen and oxygen atoms in total. The fraction of sp³-hybridized carbons (Fsp3) is 0.552. The summed E-state index contributed by atoms with van der Waals surface area (Å²) >= 11 is 0. The predicted molar refractivity (Wildman–Crippen MR) is 150 cm³/mol. The third-order valence-corrected chi connectivity index (χ3v) is 10.0. The van der Waals surface area contributed by atoms with Crippen LogP contribution in [0.1, 0.15) is 44.1 Å². The third-order valence-electron chi connectivity index (χ3n) is 8.36. The van der Waals surface area contributed by atoms with Crippen LogP contribution in [-0.2, 0) is 30.8 Å². The van der Waals surface area contributed by atoms with Gasteiger partial charge in [0, 0.05) is 17.5 Å². The second kappa shape index (κ2) is 13.1. The summed E-state index contributed by atoms with van der Waals surface area (Å²) < 4.78 is 41.3. The van der Waals surface area contributed by atoms with E-state index in [2.05, 4.69) is 5.32 Å². The number of hydrogen-bond donors (Lipinski definition) is 4. The lowest BCUT2D eigenvalue weighted by Crippen LogP contribution is -2.60. The summed E-state index contributed by atoms with van der Waals surface area (Å²) in [4.78, 5) is 18.3. The topological polar surface area (TPSA) is 161 Å². The van der Waals surface area contributed by atoms with Crippen LogP contribution in [0.3, 0.4) is 0 Å². The summed E-state index contributed by atoms with van der Waals surface area (Å²) in [5, 5.41) is 24.3. The van der Waals surface area contributed by atoms with E-state index in [9.17, 15) is 23.4 Å². The molecule has 3 fully saturated rings. The van der Waals surface area contributed by atoms with Gasteiger partial charge in [-0.25, -0.2) is 13.2 Å². The molecule has 0 radical (unpaired) electrons. The van der Waals surface area contributed by atoms with Crippen LogP contribution >= 0.6 is 0 Å². The molecule has 2 aromatic rings. The van der Waals surface area contributed by atoms with Crippen LogP contribution in [0, 0.1) is 11.8 Å². The molecule has 41 heavy (non-hydrogen) atoms. The molecule has 1 amide bonds. The maximum absolute atomic E-state index is 14.4. The molecule has 0 aromatic heterocycles. The van der Waals surface area contributed by atoms with E-state index >= 15 is 0 Å². The summed E-state index contributed by atoms with van der Waals surface area (Å²) in [6, 6.07) is 12.8. The number of amides is 1. The van der Waals surface area contributed by atoms with Gasteiger partial charge in [-0.15, -0.1) is 0 Å². The van der Waals surface area contributed by atoms with Gasteiger partial charge in [0.1, 0.15) is 0 Å². The molecule has 12 heteroatoms. The molecule has 0 spiro atoms. The van der Waals surface area contributed by atoms with Crippen LogP contribution < -0.4 is 11.1 Å². The molecule has 5 rings (SSSR count). The summed E-state index contributed by atoms with van der Waals surface area (Å²) in [6.07, 6.45) is 1.24. The molecule has 1 saturated carbocycles. The molecular weight excluding hydrogens is 550 g/mol. The first-order chi connectivity index (χ1) is 19.7. The standard InChI is InChI=1S/C29H39N3O8S/c30-20-11-13-22(14-12-20)41(36,37)32(40-21-9-5-2-6-10-21)26(24-18-39-28-23(24)15-16-38-28)27(33)25(31-29(34)35)17-19-7-3-1-4-8-19/h1,3-4,7-8,11-14,21,23-28,31,33H,2,5-6,9-10,15-18,30H2,(H,34,35)/t23-,24+,25-,26?,27+,28+/m0/s1. The number of ether oxygens (including phenoxy) is 2. The van der Waals surface area contributed by atoms with Crippen LogP contribution in [0.5, 0.6) is 0 Å². The summed E-state index contributed by atoms with van der Waals surface area (Å²) in [7, 11) is -4.34. The summed E-state index contributed by atoms with van der Waals surface area (Å²) in [6.45, 7) is 0.577. The number of rotatable bonds is 11. The van der Waals surface area contributed by atoms with E-state index in [-0.39, 0.29) is 29.9 Å². The first-order valence-corrected chi connectivity index (χ1v) is 15.7. The number of carboxylic acid groups (broad SMARTS) is 1. The number of benzene rings is 2. The smallest absolute Gasteiger partial charge is 0.404 e. The maximum Gasteiger partial charge on any atom is 0.404 e. The number of nitrogens with two attached hydrogens (primary N) is 1. The largest absolute Gasteiger partial charge is 0.465 e. The lowest BCUT2D eigenvalue weighted by atomic mass is 9.82. The lowest BCUT2D eigenvalue weighted by molar-refractivity contribution is -0.197. The molecule has 2 saturated heterocycles. The van der Waals surface area contributed by atoms with Crippen molar-refractivity contribution in [3.8, 4) is 0 Å². The number of nitrogens with one attached hydrogen (secondary N) is 1. The van der Waals surface area contributed by atoms with Gasteiger partial charge in [0.25, 0.3) is 10.0 Å². The minimum Gasteiger partial charge on any atom is -0.465 e. The number of anilines is 1. The number of aliphatic hydroxyl groups excluding tert-OH is 1. The number of nitrogens with zero attached hydrogens (tertiary/aromatic N) is 1. The van der Waals surface area contributed by atoms with Crippen molar-refractivity contribution in [1.82, 2.24) is 9.79 Å². The van der Waals surface area contributed by atoms with Crippen molar-refractivity contribution in [3.05, 3.63) is 60.2 Å². The van der Waals surface area contributed by atoms with Crippen molar-refractivity contribution in [2.24, 2.45) is 11.8 Å². The normalized spacial score (nSPS) is 25.5. The molecular formula is C29H39N3O8S. The van der Waals surface area contributed by atoms with Crippen LogP contribution in [0.4, 0.5) is 10.5 Å². The highest BCUT2D eigenvalue weighted by molar-refractivity contribution is 7.89. The maximum atomic E-state index is 14.4. The first-order valence-electron chi connectivity index (χ1n) is 14.3. The number of hydrogen-bond acceptors (Lipinski definition) is 8. The highest BCUT2D eigenvalue weighted by atomic mass is 32.2. The van der Waals surface area contributed by atoms with Gasteiger partial charge in [0.2, 0.25) is 0 Å². The SMILES string of the molecule is Nc1ccc(S(=O)(=O)N(OC2CCCCC2)C([C@H](O)[C@H](Cc2ccccc2)NC(=O)O)[C@@H]2CO[C@H]3OCC[C@H]32)cc1. The van der Waals surface area contributed by atoms with Crippen LogP contribution in [0.25, 0.3) is 0 Å². The molecule has 1 aliphatic carbocycles. The molecule has 5 N–H and O–H groups in total. The van der Waals surface area contributed by atoms with Gasteiger partial charge in [-0.1, -0.05) is 54.1 Å². The van der Waals surface area contributed by atoms with E-state index in [0.717, 1.165) is 29.3 Å².